The average molecular weight is 184 g/mol. The molecule has 3 heteroatoms. The lowest BCUT2D eigenvalue weighted by atomic mass is 10.2. The molecule has 0 bridgehead atoms. The zero-order valence-electron chi connectivity index (χ0n) is 8.17. The van der Waals surface area contributed by atoms with Crippen LogP contribution in [0.4, 0.5) is 0 Å². The van der Waals surface area contributed by atoms with E-state index in [-0.39, 0.29) is 0 Å². The molecule has 0 atom stereocenters. The number of carboxylic acid groups (broad SMARTS) is 1. The van der Waals surface area contributed by atoms with E-state index in [0.29, 0.717) is 18.8 Å². The number of rotatable bonds is 6. The largest absolute Gasteiger partial charge is 0.478 e. The molecule has 0 aliphatic carbocycles. The summed E-state index contributed by atoms with van der Waals surface area (Å²) in [5.74, 6) is -0.900. The molecule has 0 aromatic rings. The average Bonchev–Trinajstić information content (AvgIpc) is 2.02. The third kappa shape index (κ3) is 7.28. The second-order valence-electron chi connectivity index (χ2n) is 2.97. The van der Waals surface area contributed by atoms with E-state index < -0.39 is 5.97 Å². The lowest BCUT2D eigenvalue weighted by Gasteiger charge is -2.00. The molecule has 0 amide bonds. The van der Waals surface area contributed by atoms with Crippen molar-refractivity contribution in [2.45, 2.75) is 20.3 Å². The van der Waals surface area contributed by atoms with Crippen LogP contribution in [0.2, 0.25) is 0 Å². The summed E-state index contributed by atoms with van der Waals surface area (Å²) in [7, 11) is 0. The van der Waals surface area contributed by atoms with Crippen molar-refractivity contribution in [3.8, 4) is 0 Å². The van der Waals surface area contributed by atoms with Crippen molar-refractivity contribution in [1.29, 1.82) is 0 Å². The SMILES string of the molecule is C=C(C)CCOC/C=C(/C)C(=O)O. The Morgan fingerprint density at radius 2 is 2.15 bits per heavy atom. The Bertz CT molecular complexity index is 216. The van der Waals surface area contributed by atoms with Gasteiger partial charge in [0, 0.05) is 5.57 Å². The van der Waals surface area contributed by atoms with Gasteiger partial charge in [0.25, 0.3) is 0 Å². The Hall–Kier alpha value is -1.09. The summed E-state index contributed by atoms with van der Waals surface area (Å²) >= 11 is 0. The van der Waals surface area contributed by atoms with Crippen LogP contribution in [0.5, 0.6) is 0 Å². The summed E-state index contributed by atoms with van der Waals surface area (Å²) in [6.07, 6.45) is 2.38. The van der Waals surface area contributed by atoms with E-state index in [1.54, 1.807) is 13.0 Å². The first kappa shape index (κ1) is 11.9. The molecule has 1 N–H and O–H groups in total. The zero-order valence-corrected chi connectivity index (χ0v) is 8.17. The summed E-state index contributed by atoms with van der Waals surface area (Å²) in [5, 5.41) is 8.49. The second kappa shape index (κ2) is 6.43. The van der Waals surface area contributed by atoms with E-state index in [4.69, 9.17) is 9.84 Å². The topological polar surface area (TPSA) is 46.5 Å². The standard InChI is InChI=1S/C10H16O3/c1-8(2)4-6-13-7-5-9(3)10(11)12/h5H,1,4,6-7H2,2-3H3,(H,11,12)/b9-5-. The summed E-state index contributed by atoms with van der Waals surface area (Å²) in [6.45, 7) is 8.15. The molecule has 0 unspecified atom stereocenters. The summed E-state index contributed by atoms with van der Waals surface area (Å²) < 4.78 is 5.16. The predicted octanol–water partition coefficient (Wildman–Crippen LogP) is 2.00. The van der Waals surface area contributed by atoms with Crippen LogP contribution in [0.3, 0.4) is 0 Å². The predicted molar refractivity (Wildman–Crippen MR) is 51.6 cm³/mol. The monoisotopic (exact) mass is 184 g/mol. The number of hydrogen-bond acceptors (Lipinski definition) is 2. The van der Waals surface area contributed by atoms with Crippen molar-refractivity contribution in [2.24, 2.45) is 0 Å². The maximum Gasteiger partial charge on any atom is 0.331 e. The van der Waals surface area contributed by atoms with Gasteiger partial charge in [-0.25, -0.2) is 4.79 Å². The highest BCUT2D eigenvalue weighted by Crippen LogP contribution is 1.96. The molecule has 0 radical (unpaired) electrons. The fourth-order valence-electron chi connectivity index (χ4n) is 0.601. The maximum absolute atomic E-state index is 10.3. The summed E-state index contributed by atoms with van der Waals surface area (Å²) in [5.41, 5.74) is 1.38. The van der Waals surface area contributed by atoms with Gasteiger partial charge < -0.3 is 9.84 Å². The highest BCUT2D eigenvalue weighted by atomic mass is 16.5. The molecule has 0 saturated carbocycles. The van der Waals surface area contributed by atoms with Gasteiger partial charge in [-0.3, -0.25) is 0 Å². The smallest absolute Gasteiger partial charge is 0.331 e. The van der Waals surface area contributed by atoms with Crippen molar-refractivity contribution >= 4 is 5.97 Å². The number of hydrogen-bond donors (Lipinski definition) is 1. The van der Waals surface area contributed by atoms with Crippen LogP contribution in [0.25, 0.3) is 0 Å². The van der Waals surface area contributed by atoms with Gasteiger partial charge in [0.15, 0.2) is 0 Å². The molecule has 0 saturated heterocycles. The van der Waals surface area contributed by atoms with E-state index in [1.807, 2.05) is 6.92 Å². The van der Waals surface area contributed by atoms with Crippen molar-refractivity contribution < 1.29 is 14.6 Å². The van der Waals surface area contributed by atoms with Crippen LogP contribution < -0.4 is 0 Å². The van der Waals surface area contributed by atoms with E-state index >= 15 is 0 Å². The molecule has 0 fully saturated rings. The minimum Gasteiger partial charge on any atom is -0.478 e. The minimum absolute atomic E-state index is 0.315. The molecule has 74 valence electrons. The fourth-order valence-corrected chi connectivity index (χ4v) is 0.601. The Balaban J connectivity index is 3.50. The molecule has 0 rings (SSSR count). The lowest BCUT2D eigenvalue weighted by Crippen LogP contribution is -2.00. The molecule has 0 spiro atoms. The Morgan fingerprint density at radius 3 is 2.62 bits per heavy atom. The highest BCUT2D eigenvalue weighted by molar-refractivity contribution is 5.85. The number of carbonyl (C=O) groups is 1. The highest BCUT2D eigenvalue weighted by Gasteiger charge is 1.97. The van der Waals surface area contributed by atoms with Crippen LogP contribution in [0.15, 0.2) is 23.8 Å². The van der Waals surface area contributed by atoms with Gasteiger partial charge in [-0.05, 0) is 26.3 Å². The van der Waals surface area contributed by atoms with Gasteiger partial charge in [0.05, 0.1) is 13.2 Å². The Morgan fingerprint density at radius 1 is 1.54 bits per heavy atom. The first-order valence-corrected chi connectivity index (χ1v) is 4.16. The van der Waals surface area contributed by atoms with Crippen molar-refractivity contribution in [3.63, 3.8) is 0 Å². The third-order valence-corrected chi connectivity index (χ3v) is 1.52. The Labute approximate surface area is 78.7 Å². The van der Waals surface area contributed by atoms with Gasteiger partial charge in [-0.15, -0.1) is 6.58 Å². The number of carboxylic acids is 1. The molecular formula is C10H16O3. The van der Waals surface area contributed by atoms with Gasteiger partial charge in [-0.1, -0.05) is 5.57 Å². The molecule has 0 heterocycles. The maximum atomic E-state index is 10.3. The minimum atomic E-state index is -0.900. The van der Waals surface area contributed by atoms with E-state index in [1.165, 1.54) is 0 Å². The summed E-state index contributed by atoms with van der Waals surface area (Å²) in [6, 6.07) is 0. The molecular weight excluding hydrogens is 168 g/mol. The fraction of sp³-hybridized carbons (Fsp3) is 0.500. The molecule has 0 aliphatic heterocycles. The van der Waals surface area contributed by atoms with Gasteiger partial charge in [0.2, 0.25) is 0 Å². The van der Waals surface area contributed by atoms with Crippen molar-refractivity contribution in [1.82, 2.24) is 0 Å². The van der Waals surface area contributed by atoms with E-state index in [0.717, 1.165) is 12.0 Å². The van der Waals surface area contributed by atoms with Gasteiger partial charge in [0.1, 0.15) is 0 Å². The van der Waals surface area contributed by atoms with Crippen molar-refractivity contribution in [2.75, 3.05) is 13.2 Å². The van der Waals surface area contributed by atoms with Crippen LogP contribution in [-0.4, -0.2) is 24.3 Å². The second-order valence-corrected chi connectivity index (χ2v) is 2.97. The third-order valence-electron chi connectivity index (χ3n) is 1.52. The van der Waals surface area contributed by atoms with Crippen molar-refractivity contribution in [3.05, 3.63) is 23.8 Å². The Kier molecular flexibility index (Phi) is 5.89. The van der Waals surface area contributed by atoms with E-state index in [9.17, 15) is 4.79 Å². The molecule has 13 heavy (non-hydrogen) atoms. The number of aliphatic carboxylic acids is 1. The first-order chi connectivity index (χ1) is 6.04. The van der Waals surface area contributed by atoms with E-state index in [2.05, 4.69) is 6.58 Å². The van der Waals surface area contributed by atoms with Crippen LogP contribution in [0, 0.1) is 0 Å². The molecule has 0 aromatic heterocycles. The van der Waals surface area contributed by atoms with Crippen LogP contribution in [0.1, 0.15) is 20.3 Å². The first-order valence-electron chi connectivity index (χ1n) is 4.16. The van der Waals surface area contributed by atoms with Gasteiger partial charge >= 0.3 is 5.97 Å². The normalized spacial score (nSPS) is 11.4. The molecule has 3 nitrogen and oxygen atoms in total. The quantitative estimate of drug-likeness (QED) is 0.390. The number of ether oxygens (including phenoxy) is 1. The summed E-state index contributed by atoms with van der Waals surface area (Å²) in [4.78, 5) is 10.3. The lowest BCUT2D eigenvalue weighted by molar-refractivity contribution is -0.132. The van der Waals surface area contributed by atoms with Gasteiger partial charge in [-0.2, -0.15) is 0 Å². The molecule has 0 aliphatic rings. The molecule has 0 aromatic carbocycles. The van der Waals surface area contributed by atoms with Crippen LogP contribution in [-0.2, 0) is 9.53 Å². The van der Waals surface area contributed by atoms with Crippen LogP contribution >= 0.6 is 0 Å². The zero-order chi connectivity index (χ0) is 10.3.